The predicted octanol–water partition coefficient (Wildman–Crippen LogP) is 2.98. The Morgan fingerprint density at radius 1 is 0.935 bits per heavy atom. The molecule has 1 aromatic heterocycles. The van der Waals surface area contributed by atoms with Gasteiger partial charge in [-0.1, -0.05) is 42.5 Å². The predicted molar refractivity (Wildman–Crippen MR) is 117 cm³/mol. The van der Waals surface area contributed by atoms with Crippen molar-refractivity contribution in [2.24, 2.45) is 0 Å². The van der Waals surface area contributed by atoms with Crippen molar-refractivity contribution in [2.75, 3.05) is 32.8 Å². The number of urea groups is 1. The van der Waals surface area contributed by atoms with Crippen LogP contribution in [0.15, 0.2) is 65.3 Å². The second-order valence-electron chi connectivity index (χ2n) is 8.44. The van der Waals surface area contributed by atoms with Crippen LogP contribution in [-0.2, 0) is 16.9 Å². The lowest BCUT2D eigenvalue weighted by Gasteiger charge is -2.36. The minimum atomic E-state index is -1.14. The fraction of sp³-hybridized carbons (Fsp3) is 0.333. The van der Waals surface area contributed by atoms with Gasteiger partial charge in [0.1, 0.15) is 5.76 Å². The maximum absolute atomic E-state index is 13.0. The summed E-state index contributed by atoms with van der Waals surface area (Å²) in [6, 6.07) is 18.0. The average molecular weight is 418 g/mol. The molecule has 5 rings (SSSR count). The number of carbonyl (C=O) groups is 2. The van der Waals surface area contributed by atoms with E-state index in [1.165, 1.54) is 27.5 Å². The zero-order valence-corrected chi connectivity index (χ0v) is 17.6. The van der Waals surface area contributed by atoms with Crippen LogP contribution < -0.4 is 5.32 Å². The fourth-order valence-corrected chi connectivity index (χ4v) is 4.52. The van der Waals surface area contributed by atoms with Crippen molar-refractivity contribution in [2.45, 2.75) is 19.0 Å². The normalized spacial score (nSPS) is 22.9. The lowest BCUT2D eigenvalue weighted by Crippen LogP contribution is -2.51. The molecular weight excluding hydrogens is 392 g/mol. The third kappa shape index (κ3) is 3.60. The first kappa shape index (κ1) is 19.8. The van der Waals surface area contributed by atoms with E-state index in [0.717, 1.165) is 32.7 Å². The first-order valence-corrected chi connectivity index (χ1v) is 10.6. The molecule has 7 nitrogen and oxygen atoms in total. The van der Waals surface area contributed by atoms with E-state index in [0.29, 0.717) is 12.4 Å². The number of carbonyl (C=O) groups excluding carboxylic acids is 2. The van der Waals surface area contributed by atoms with E-state index in [4.69, 9.17) is 4.42 Å². The van der Waals surface area contributed by atoms with E-state index < -0.39 is 5.54 Å². The number of rotatable bonds is 5. The van der Waals surface area contributed by atoms with E-state index >= 15 is 0 Å². The Balaban J connectivity index is 1.20. The van der Waals surface area contributed by atoms with Crippen LogP contribution in [0.2, 0.25) is 0 Å². The Kier molecular flexibility index (Phi) is 5.00. The van der Waals surface area contributed by atoms with Crippen molar-refractivity contribution in [3.8, 4) is 0 Å². The molecule has 2 aliphatic heterocycles. The van der Waals surface area contributed by atoms with Crippen LogP contribution in [0.3, 0.4) is 0 Å². The number of nitrogens with zero attached hydrogens (tertiary/aromatic N) is 3. The Morgan fingerprint density at radius 2 is 1.68 bits per heavy atom. The van der Waals surface area contributed by atoms with Gasteiger partial charge in [0.05, 0.1) is 12.9 Å². The zero-order valence-electron chi connectivity index (χ0n) is 17.6. The van der Waals surface area contributed by atoms with Gasteiger partial charge in [-0.05, 0) is 35.4 Å². The van der Waals surface area contributed by atoms with Crippen molar-refractivity contribution in [1.82, 2.24) is 20.0 Å². The number of imide groups is 1. The number of amides is 3. The number of nitrogens with one attached hydrogen (secondary N) is 1. The molecule has 1 N–H and O–H groups in total. The van der Waals surface area contributed by atoms with Crippen molar-refractivity contribution in [3.05, 3.63) is 72.2 Å². The number of hydrogen-bond donors (Lipinski definition) is 1. The van der Waals surface area contributed by atoms with E-state index in [9.17, 15) is 9.59 Å². The molecule has 3 amide bonds. The number of benzene rings is 2. The monoisotopic (exact) mass is 418 g/mol. The van der Waals surface area contributed by atoms with Crippen LogP contribution in [-0.4, -0.2) is 59.5 Å². The molecular formula is C24H26N4O3. The maximum Gasteiger partial charge on any atom is 0.326 e. The topological polar surface area (TPSA) is 69.0 Å². The Hall–Kier alpha value is -3.16. The van der Waals surface area contributed by atoms with Crippen LogP contribution in [0.4, 0.5) is 4.79 Å². The molecule has 3 heterocycles. The summed E-state index contributed by atoms with van der Waals surface area (Å²) in [6.07, 6.45) is 1.51. The van der Waals surface area contributed by atoms with Gasteiger partial charge in [0.15, 0.2) is 5.54 Å². The lowest BCUT2D eigenvalue weighted by molar-refractivity contribution is -0.133. The van der Waals surface area contributed by atoms with Crippen LogP contribution in [0.5, 0.6) is 0 Å². The zero-order chi connectivity index (χ0) is 21.4. The molecule has 0 spiro atoms. The molecule has 0 aliphatic carbocycles. The summed E-state index contributed by atoms with van der Waals surface area (Å²) in [6.45, 7) is 6.27. The molecule has 2 fully saturated rings. The molecule has 31 heavy (non-hydrogen) atoms. The van der Waals surface area contributed by atoms with E-state index in [-0.39, 0.29) is 11.9 Å². The molecule has 0 saturated carbocycles. The molecule has 0 radical (unpaired) electrons. The molecule has 2 aliphatic rings. The Labute approximate surface area is 181 Å². The van der Waals surface area contributed by atoms with Gasteiger partial charge in [0, 0.05) is 32.7 Å². The fourth-order valence-electron chi connectivity index (χ4n) is 4.52. The van der Waals surface area contributed by atoms with Gasteiger partial charge in [-0.15, -0.1) is 0 Å². The highest BCUT2D eigenvalue weighted by molar-refractivity contribution is 6.06. The van der Waals surface area contributed by atoms with Gasteiger partial charge in [-0.25, -0.2) is 9.69 Å². The summed E-state index contributed by atoms with van der Waals surface area (Å²) in [5.41, 5.74) is 0.186. The molecule has 0 unspecified atom stereocenters. The number of piperazine rings is 1. The number of hydrogen-bond acceptors (Lipinski definition) is 5. The highest BCUT2D eigenvalue weighted by atomic mass is 16.3. The Bertz CT molecular complexity index is 1100. The molecule has 0 bridgehead atoms. The van der Waals surface area contributed by atoms with Gasteiger partial charge in [0.25, 0.3) is 5.91 Å². The minimum Gasteiger partial charge on any atom is -0.466 e. The van der Waals surface area contributed by atoms with Crippen LogP contribution >= 0.6 is 0 Å². The second-order valence-corrected chi connectivity index (χ2v) is 8.44. The van der Waals surface area contributed by atoms with Gasteiger partial charge >= 0.3 is 6.03 Å². The maximum atomic E-state index is 13.0. The Morgan fingerprint density at radius 3 is 2.45 bits per heavy atom. The van der Waals surface area contributed by atoms with Crippen LogP contribution in [0.25, 0.3) is 10.8 Å². The first-order valence-electron chi connectivity index (χ1n) is 10.6. The van der Waals surface area contributed by atoms with E-state index in [2.05, 4.69) is 57.6 Å². The summed E-state index contributed by atoms with van der Waals surface area (Å²) in [5, 5.41) is 5.34. The van der Waals surface area contributed by atoms with E-state index in [1.807, 2.05) is 0 Å². The highest BCUT2D eigenvalue weighted by Crippen LogP contribution is 2.29. The summed E-state index contributed by atoms with van der Waals surface area (Å²) in [5.74, 6) is 0.180. The standard InChI is InChI=1S/C24H26N4O3/c1-24(21-10-5-15-31-21)22(29)28(23(30)25-24)17-27-13-11-26(12-14-27)16-19-8-4-7-18-6-2-3-9-20(18)19/h2-10,15H,11-14,16-17H2,1H3,(H,25,30)/t24-/m0/s1. The third-order valence-electron chi connectivity index (χ3n) is 6.37. The van der Waals surface area contributed by atoms with Gasteiger partial charge < -0.3 is 9.73 Å². The van der Waals surface area contributed by atoms with Gasteiger partial charge in [0.2, 0.25) is 0 Å². The largest absolute Gasteiger partial charge is 0.466 e. The number of furan rings is 1. The summed E-state index contributed by atoms with van der Waals surface area (Å²) < 4.78 is 5.40. The van der Waals surface area contributed by atoms with Gasteiger partial charge in [-0.2, -0.15) is 0 Å². The summed E-state index contributed by atoms with van der Waals surface area (Å²) in [7, 11) is 0. The molecule has 7 heteroatoms. The summed E-state index contributed by atoms with van der Waals surface area (Å²) >= 11 is 0. The molecule has 2 saturated heterocycles. The second kappa shape index (κ2) is 7.83. The summed E-state index contributed by atoms with van der Waals surface area (Å²) in [4.78, 5) is 31.4. The first-order chi connectivity index (χ1) is 15.0. The third-order valence-corrected chi connectivity index (χ3v) is 6.37. The highest BCUT2D eigenvalue weighted by Gasteiger charge is 2.51. The van der Waals surface area contributed by atoms with Crippen molar-refractivity contribution in [3.63, 3.8) is 0 Å². The molecule has 3 aromatic rings. The van der Waals surface area contributed by atoms with Crippen LogP contribution in [0, 0.1) is 0 Å². The molecule has 160 valence electrons. The molecule has 2 aromatic carbocycles. The number of fused-ring (bicyclic) bond motifs is 1. The quantitative estimate of drug-likeness (QED) is 0.645. The van der Waals surface area contributed by atoms with Crippen molar-refractivity contribution >= 4 is 22.7 Å². The lowest BCUT2D eigenvalue weighted by atomic mass is 9.99. The van der Waals surface area contributed by atoms with E-state index in [1.54, 1.807) is 19.1 Å². The van der Waals surface area contributed by atoms with Gasteiger partial charge in [-0.3, -0.25) is 14.6 Å². The average Bonchev–Trinajstić information content (AvgIpc) is 3.40. The molecule has 1 atom stereocenters. The smallest absolute Gasteiger partial charge is 0.326 e. The van der Waals surface area contributed by atoms with Crippen molar-refractivity contribution in [1.29, 1.82) is 0 Å². The van der Waals surface area contributed by atoms with Crippen LogP contribution in [0.1, 0.15) is 18.2 Å². The minimum absolute atomic E-state index is 0.273. The SMILES string of the molecule is C[C@@]1(c2ccco2)NC(=O)N(CN2CCN(Cc3cccc4ccccc34)CC2)C1=O. The van der Waals surface area contributed by atoms with Crippen molar-refractivity contribution < 1.29 is 14.0 Å².